The molecule has 0 unspecified atom stereocenters. The molecule has 21 heavy (non-hydrogen) atoms. The van der Waals surface area contributed by atoms with Crippen LogP contribution in [0.2, 0.25) is 0 Å². The zero-order valence-electron chi connectivity index (χ0n) is 11.8. The lowest BCUT2D eigenvalue weighted by molar-refractivity contribution is -0.134. The van der Waals surface area contributed by atoms with Gasteiger partial charge in [-0.2, -0.15) is 17.5 Å². The van der Waals surface area contributed by atoms with E-state index in [0.717, 1.165) is 25.6 Å². The van der Waals surface area contributed by atoms with Crippen molar-refractivity contribution in [2.24, 2.45) is 7.05 Å². The van der Waals surface area contributed by atoms with E-state index in [-0.39, 0.29) is 4.90 Å². The summed E-state index contributed by atoms with van der Waals surface area (Å²) >= 11 is 0. The maximum Gasteiger partial charge on any atom is 0.402 e. The summed E-state index contributed by atoms with van der Waals surface area (Å²) in [6.45, 7) is -1.00. The van der Waals surface area contributed by atoms with E-state index in [4.69, 9.17) is 0 Å². The highest BCUT2D eigenvalue weighted by Gasteiger charge is 2.35. The SMILES string of the molecule is CN(CC(F)(F)F)S(=O)(=O)c1cc(CNC2CC2)n(C)c1. The molecule has 1 aromatic heterocycles. The predicted octanol–water partition coefficient (Wildman–Crippen LogP) is 1.46. The first-order valence-corrected chi connectivity index (χ1v) is 7.95. The molecule has 1 aliphatic rings. The topological polar surface area (TPSA) is 54.3 Å². The Morgan fingerprint density at radius 2 is 2.05 bits per heavy atom. The summed E-state index contributed by atoms with van der Waals surface area (Å²) < 4.78 is 63.2. The molecular formula is C12H18F3N3O2S. The van der Waals surface area contributed by atoms with Gasteiger partial charge in [0.2, 0.25) is 10.0 Å². The van der Waals surface area contributed by atoms with E-state index in [1.807, 2.05) is 0 Å². The van der Waals surface area contributed by atoms with Gasteiger partial charge in [-0.15, -0.1) is 0 Å². The van der Waals surface area contributed by atoms with Gasteiger partial charge in [0, 0.05) is 38.6 Å². The van der Waals surface area contributed by atoms with Gasteiger partial charge < -0.3 is 9.88 Å². The Bertz CT molecular complexity index is 606. The third-order valence-electron chi connectivity index (χ3n) is 3.34. The van der Waals surface area contributed by atoms with Gasteiger partial charge in [-0.25, -0.2) is 8.42 Å². The number of alkyl halides is 3. The minimum atomic E-state index is -4.56. The van der Waals surface area contributed by atoms with Gasteiger partial charge in [0.05, 0.1) is 0 Å². The summed E-state index contributed by atoms with van der Waals surface area (Å²) in [7, 11) is -1.53. The molecule has 9 heteroatoms. The van der Waals surface area contributed by atoms with Crippen molar-refractivity contribution < 1.29 is 21.6 Å². The van der Waals surface area contributed by atoms with E-state index in [9.17, 15) is 21.6 Å². The lowest BCUT2D eigenvalue weighted by atomic mass is 10.4. The molecular weight excluding hydrogens is 307 g/mol. The van der Waals surface area contributed by atoms with Gasteiger partial charge in [-0.1, -0.05) is 0 Å². The van der Waals surface area contributed by atoms with Crippen LogP contribution in [0.5, 0.6) is 0 Å². The van der Waals surface area contributed by atoms with Crippen LogP contribution in [0.1, 0.15) is 18.5 Å². The average molecular weight is 325 g/mol. The Kier molecular flexibility index (Phi) is 4.36. The van der Waals surface area contributed by atoms with Crippen LogP contribution in [0.25, 0.3) is 0 Å². The van der Waals surface area contributed by atoms with Crippen LogP contribution in [-0.2, 0) is 23.6 Å². The zero-order valence-corrected chi connectivity index (χ0v) is 12.6. The summed E-state index contributed by atoms with van der Waals surface area (Å²) in [5, 5.41) is 3.24. The number of hydrogen-bond acceptors (Lipinski definition) is 3. The Hall–Kier alpha value is -1.06. The molecule has 0 atom stereocenters. The number of aromatic nitrogens is 1. The van der Waals surface area contributed by atoms with Crippen molar-refractivity contribution in [2.75, 3.05) is 13.6 Å². The Balaban J connectivity index is 2.13. The second-order valence-electron chi connectivity index (χ2n) is 5.31. The quantitative estimate of drug-likeness (QED) is 0.861. The first-order valence-electron chi connectivity index (χ1n) is 6.51. The van der Waals surface area contributed by atoms with Crippen LogP contribution in [0.4, 0.5) is 13.2 Å². The summed E-state index contributed by atoms with van der Waals surface area (Å²) in [5.41, 5.74) is 0.723. The smallest absolute Gasteiger partial charge is 0.352 e. The van der Waals surface area contributed by atoms with Gasteiger partial charge >= 0.3 is 6.18 Å². The van der Waals surface area contributed by atoms with Crippen molar-refractivity contribution in [3.8, 4) is 0 Å². The molecule has 2 rings (SSSR count). The van der Waals surface area contributed by atoms with Gasteiger partial charge in [0.25, 0.3) is 0 Å². The maximum atomic E-state index is 12.3. The normalized spacial score (nSPS) is 16.7. The third kappa shape index (κ3) is 4.21. The monoisotopic (exact) mass is 325 g/mol. The molecule has 120 valence electrons. The number of hydrogen-bond donors (Lipinski definition) is 1. The second kappa shape index (κ2) is 5.62. The van der Waals surface area contributed by atoms with Gasteiger partial charge in [0.15, 0.2) is 0 Å². The average Bonchev–Trinajstić information content (AvgIpc) is 3.08. The fourth-order valence-corrected chi connectivity index (χ4v) is 3.20. The van der Waals surface area contributed by atoms with Crippen molar-refractivity contribution in [2.45, 2.75) is 36.5 Å². The van der Waals surface area contributed by atoms with Crippen LogP contribution in [0, 0.1) is 0 Å². The fourth-order valence-electron chi connectivity index (χ4n) is 1.95. The highest BCUT2D eigenvalue weighted by molar-refractivity contribution is 7.89. The lowest BCUT2D eigenvalue weighted by Crippen LogP contribution is -2.35. The minimum absolute atomic E-state index is 0.121. The molecule has 5 nitrogen and oxygen atoms in total. The summed E-state index contributed by atoms with van der Waals surface area (Å²) in [6, 6.07) is 1.88. The molecule has 1 N–H and O–H groups in total. The Morgan fingerprint density at radius 3 is 2.57 bits per heavy atom. The van der Waals surface area contributed by atoms with Crippen molar-refractivity contribution in [1.29, 1.82) is 0 Å². The van der Waals surface area contributed by atoms with E-state index in [1.54, 1.807) is 11.6 Å². The molecule has 0 radical (unpaired) electrons. The number of rotatable bonds is 6. The molecule has 0 aromatic carbocycles. The number of nitrogens with one attached hydrogen (secondary N) is 1. The standard InChI is InChI=1S/C12H18F3N3O2S/c1-17-7-11(5-10(17)6-16-9-3-4-9)21(19,20)18(2)8-12(13,14)15/h5,7,9,16H,3-4,6,8H2,1-2H3. The molecule has 0 bridgehead atoms. The zero-order chi connectivity index (χ0) is 15.8. The molecule has 1 aromatic rings. The molecule has 0 saturated heterocycles. The van der Waals surface area contributed by atoms with E-state index in [0.29, 0.717) is 16.9 Å². The number of aryl methyl sites for hydroxylation is 1. The van der Waals surface area contributed by atoms with Crippen LogP contribution in [0.3, 0.4) is 0 Å². The second-order valence-corrected chi connectivity index (χ2v) is 7.35. The first kappa shape index (κ1) is 16.3. The van der Waals surface area contributed by atoms with E-state index in [2.05, 4.69) is 5.32 Å². The van der Waals surface area contributed by atoms with Crippen molar-refractivity contribution in [1.82, 2.24) is 14.2 Å². The summed E-state index contributed by atoms with van der Waals surface area (Å²) in [6.07, 6.45) is -1.02. The first-order chi connectivity index (χ1) is 9.59. The Labute approximate surface area is 121 Å². The maximum absolute atomic E-state index is 12.3. The third-order valence-corrected chi connectivity index (χ3v) is 5.11. The highest BCUT2D eigenvalue weighted by Crippen LogP contribution is 2.23. The number of halogens is 3. The van der Waals surface area contributed by atoms with Crippen LogP contribution < -0.4 is 5.32 Å². The van der Waals surface area contributed by atoms with Crippen molar-refractivity contribution in [3.63, 3.8) is 0 Å². The highest BCUT2D eigenvalue weighted by atomic mass is 32.2. The van der Waals surface area contributed by atoms with Gasteiger partial charge in [-0.3, -0.25) is 0 Å². The molecule has 0 aliphatic heterocycles. The number of nitrogens with zero attached hydrogens (tertiary/aromatic N) is 2. The summed E-state index contributed by atoms with van der Waals surface area (Å²) in [5.74, 6) is 0. The molecule has 0 spiro atoms. The number of sulfonamides is 1. The lowest BCUT2D eigenvalue weighted by Gasteiger charge is -2.17. The molecule has 1 fully saturated rings. The van der Waals surface area contributed by atoms with Crippen molar-refractivity contribution >= 4 is 10.0 Å². The largest absolute Gasteiger partial charge is 0.402 e. The Morgan fingerprint density at radius 1 is 1.43 bits per heavy atom. The fraction of sp³-hybridized carbons (Fsp3) is 0.667. The van der Waals surface area contributed by atoms with Gasteiger partial charge in [-0.05, 0) is 18.9 Å². The van der Waals surface area contributed by atoms with Crippen LogP contribution >= 0.6 is 0 Å². The van der Waals surface area contributed by atoms with E-state index < -0.39 is 22.7 Å². The van der Waals surface area contributed by atoms with Gasteiger partial charge in [0.1, 0.15) is 11.4 Å². The van der Waals surface area contributed by atoms with E-state index in [1.165, 1.54) is 12.3 Å². The van der Waals surface area contributed by atoms with Crippen LogP contribution in [0.15, 0.2) is 17.2 Å². The molecule has 1 heterocycles. The van der Waals surface area contributed by atoms with E-state index >= 15 is 0 Å². The predicted molar refractivity (Wildman–Crippen MR) is 71.1 cm³/mol. The summed E-state index contributed by atoms with van der Waals surface area (Å²) in [4.78, 5) is -0.121. The molecule has 1 aliphatic carbocycles. The minimum Gasteiger partial charge on any atom is -0.352 e. The van der Waals surface area contributed by atoms with Crippen LogP contribution in [-0.4, -0.2) is 43.1 Å². The molecule has 0 amide bonds. The van der Waals surface area contributed by atoms with Crippen molar-refractivity contribution in [3.05, 3.63) is 18.0 Å². The molecule has 1 saturated carbocycles.